The van der Waals surface area contributed by atoms with Crippen molar-refractivity contribution in [1.82, 2.24) is 4.57 Å². The molecule has 0 amide bonds. The van der Waals surface area contributed by atoms with Crippen LogP contribution in [0.1, 0.15) is 11.1 Å². The third-order valence-electron chi connectivity index (χ3n) is 5.99. The van der Waals surface area contributed by atoms with E-state index in [1.54, 1.807) is 50.3 Å². The minimum Gasteiger partial charge on any atom is -0.507 e. The van der Waals surface area contributed by atoms with Crippen molar-refractivity contribution in [2.75, 3.05) is 19.0 Å². The molecule has 0 saturated carbocycles. The summed E-state index contributed by atoms with van der Waals surface area (Å²) in [7, 11) is 5.23. The van der Waals surface area contributed by atoms with E-state index in [1.165, 1.54) is 4.57 Å². The molecule has 0 fully saturated rings. The van der Waals surface area contributed by atoms with Gasteiger partial charge in [0.15, 0.2) is 5.43 Å². The molecule has 0 unspecified atom stereocenters. The Bertz CT molecular complexity index is 1640. The normalized spacial score (nSPS) is 11.5. The Morgan fingerprint density at radius 3 is 2.34 bits per heavy atom. The molecule has 6 heteroatoms. The lowest BCUT2D eigenvalue weighted by molar-refractivity contribution is 0.472. The lowest BCUT2D eigenvalue weighted by Gasteiger charge is -2.18. The second-order valence-electron chi connectivity index (χ2n) is 8.15. The quantitative estimate of drug-likeness (QED) is 0.439. The number of anilines is 1. The first-order valence-electron chi connectivity index (χ1n) is 10.3. The highest BCUT2D eigenvalue weighted by Gasteiger charge is 2.22. The fraction of sp³-hybridized carbons (Fsp3) is 0.154. The van der Waals surface area contributed by atoms with Gasteiger partial charge in [0.05, 0.1) is 22.0 Å². The van der Waals surface area contributed by atoms with Crippen LogP contribution in [-0.4, -0.2) is 23.8 Å². The molecule has 0 aliphatic rings. The summed E-state index contributed by atoms with van der Waals surface area (Å²) in [5.74, 6) is 0.262. The number of pyridine rings is 1. The van der Waals surface area contributed by atoms with E-state index in [4.69, 9.17) is 4.42 Å². The molecule has 5 rings (SSSR count). The van der Waals surface area contributed by atoms with E-state index >= 15 is 0 Å². The first-order valence-corrected chi connectivity index (χ1v) is 10.3. The maximum absolute atomic E-state index is 13.8. The lowest BCUT2D eigenvalue weighted by atomic mass is 9.99. The first-order chi connectivity index (χ1) is 15.4. The summed E-state index contributed by atoms with van der Waals surface area (Å²) in [5, 5.41) is 13.7. The highest BCUT2D eigenvalue weighted by molar-refractivity contribution is 6.05. The average molecular weight is 426 g/mol. The molecule has 6 nitrogen and oxygen atoms in total. The number of para-hydroxylation sites is 1. The number of nitrogens with zero attached hydrogens (tertiary/aromatic N) is 2. The van der Waals surface area contributed by atoms with Gasteiger partial charge in [-0.2, -0.15) is 0 Å². The van der Waals surface area contributed by atoms with Crippen LogP contribution in [0.2, 0.25) is 0 Å². The van der Waals surface area contributed by atoms with Crippen LogP contribution >= 0.6 is 0 Å². The molecule has 0 radical (unpaired) electrons. The van der Waals surface area contributed by atoms with Crippen LogP contribution in [0.4, 0.5) is 5.88 Å². The molecule has 0 atom stereocenters. The van der Waals surface area contributed by atoms with Crippen molar-refractivity contribution < 1.29 is 9.52 Å². The molecule has 3 aromatic carbocycles. The fourth-order valence-corrected chi connectivity index (χ4v) is 4.38. The van der Waals surface area contributed by atoms with Gasteiger partial charge in [-0.25, -0.2) is 0 Å². The zero-order valence-electron chi connectivity index (χ0n) is 18.0. The summed E-state index contributed by atoms with van der Waals surface area (Å²) >= 11 is 0. The van der Waals surface area contributed by atoms with Crippen molar-refractivity contribution in [3.63, 3.8) is 0 Å². The Morgan fingerprint density at radius 2 is 1.59 bits per heavy atom. The molecule has 32 heavy (non-hydrogen) atoms. The van der Waals surface area contributed by atoms with Crippen LogP contribution in [0.15, 0.2) is 74.7 Å². The number of fused-ring (bicyclic) bond motifs is 4. The van der Waals surface area contributed by atoms with Crippen LogP contribution in [0.5, 0.6) is 5.75 Å². The molecule has 0 saturated heterocycles. The van der Waals surface area contributed by atoms with Crippen LogP contribution < -0.4 is 15.9 Å². The molecule has 0 aliphatic heterocycles. The van der Waals surface area contributed by atoms with Crippen molar-refractivity contribution in [1.29, 1.82) is 0 Å². The van der Waals surface area contributed by atoms with E-state index in [1.807, 2.05) is 36.4 Å². The molecule has 0 aliphatic carbocycles. The summed E-state index contributed by atoms with van der Waals surface area (Å²) < 4.78 is 7.65. The molecule has 1 N–H and O–H groups in total. The predicted octanol–water partition coefficient (Wildman–Crippen LogP) is 4.16. The Kier molecular flexibility index (Phi) is 4.51. The number of aromatic nitrogens is 1. The molecule has 0 spiro atoms. The van der Waals surface area contributed by atoms with Gasteiger partial charge in [0.1, 0.15) is 11.3 Å². The average Bonchev–Trinajstić information content (AvgIpc) is 2.80. The maximum atomic E-state index is 13.8. The maximum Gasteiger partial charge on any atom is 0.258 e. The van der Waals surface area contributed by atoms with Gasteiger partial charge in [-0.05, 0) is 29.0 Å². The second kappa shape index (κ2) is 7.27. The number of benzene rings is 3. The SMILES string of the molecule is CN(C)c1oc2ccc3ccccc3c2c(=O)c1Cc1c(O)c2ccccc2n(C)c1=O. The van der Waals surface area contributed by atoms with E-state index in [0.29, 0.717) is 33.3 Å². The topological polar surface area (TPSA) is 75.7 Å². The number of hydrogen-bond acceptors (Lipinski definition) is 5. The van der Waals surface area contributed by atoms with E-state index in [2.05, 4.69) is 0 Å². The highest BCUT2D eigenvalue weighted by atomic mass is 16.4. The number of aryl methyl sites for hydroxylation is 1. The highest BCUT2D eigenvalue weighted by Crippen LogP contribution is 2.32. The molecular weight excluding hydrogens is 404 g/mol. The minimum absolute atomic E-state index is 0.0433. The molecule has 2 aromatic heterocycles. The summed E-state index contributed by atoms with van der Waals surface area (Å²) in [4.78, 5) is 28.6. The monoisotopic (exact) mass is 426 g/mol. The van der Waals surface area contributed by atoms with Gasteiger partial charge in [0.25, 0.3) is 5.56 Å². The van der Waals surface area contributed by atoms with Crippen molar-refractivity contribution in [2.45, 2.75) is 6.42 Å². The lowest BCUT2D eigenvalue weighted by Crippen LogP contribution is -2.25. The van der Waals surface area contributed by atoms with E-state index in [9.17, 15) is 14.7 Å². The van der Waals surface area contributed by atoms with Gasteiger partial charge >= 0.3 is 0 Å². The summed E-state index contributed by atoms with van der Waals surface area (Å²) in [6, 6.07) is 18.5. The number of hydrogen-bond donors (Lipinski definition) is 1. The Balaban J connectivity index is 1.84. The molecule has 160 valence electrons. The number of rotatable bonds is 3. The van der Waals surface area contributed by atoms with E-state index < -0.39 is 0 Å². The van der Waals surface area contributed by atoms with Crippen molar-refractivity contribution in [3.05, 3.63) is 92.4 Å². The third kappa shape index (κ3) is 2.87. The summed E-state index contributed by atoms with van der Waals surface area (Å²) in [6.45, 7) is 0. The standard InChI is InChI=1S/C26H22N2O4/c1-27(2)26-19(14-18-23(29)17-10-6-7-11-20(17)28(3)25(18)31)24(30)22-16-9-5-4-8-15(16)12-13-21(22)32-26/h4-13,29H,14H2,1-3H3. The van der Waals surface area contributed by atoms with Gasteiger partial charge in [0.2, 0.25) is 5.88 Å². The van der Waals surface area contributed by atoms with Crippen LogP contribution in [0.25, 0.3) is 32.6 Å². The van der Waals surface area contributed by atoms with E-state index in [0.717, 1.165) is 10.8 Å². The Labute approximate surface area is 183 Å². The van der Waals surface area contributed by atoms with Crippen molar-refractivity contribution >= 4 is 38.5 Å². The summed E-state index contributed by atoms with van der Waals surface area (Å²) in [6.07, 6.45) is -0.0433. The molecule has 2 heterocycles. The van der Waals surface area contributed by atoms with Gasteiger partial charge in [0, 0.05) is 33.0 Å². The predicted molar refractivity (Wildman–Crippen MR) is 128 cm³/mol. The Morgan fingerprint density at radius 1 is 0.906 bits per heavy atom. The van der Waals surface area contributed by atoms with Gasteiger partial charge in [-0.1, -0.05) is 42.5 Å². The first kappa shape index (κ1) is 19.9. The largest absolute Gasteiger partial charge is 0.507 e. The Hall–Kier alpha value is -4.06. The second-order valence-corrected chi connectivity index (χ2v) is 8.15. The van der Waals surface area contributed by atoms with Crippen molar-refractivity contribution in [3.8, 4) is 5.75 Å². The summed E-state index contributed by atoms with van der Waals surface area (Å²) in [5.41, 5.74) is 1.06. The third-order valence-corrected chi connectivity index (χ3v) is 5.99. The smallest absolute Gasteiger partial charge is 0.258 e. The molecular formula is C26H22N2O4. The number of aromatic hydroxyl groups is 1. The molecule has 5 aromatic rings. The van der Waals surface area contributed by atoms with Crippen molar-refractivity contribution in [2.24, 2.45) is 7.05 Å². The zero-order chi connectivity index (χ0) is 22.6. The van der Waals surface area contributed by atoms with Gasteiger partial charge in [-0.3, -0.25) is 9.59 Å². The zero-order valence-corrected chi connectivity index (χ0v) is 18.0. The molecule has 0 bridgehead atoms. The van der Waals surface area contributed by atoms with E-state index in [-0.39, 0.29) is 28.7 Å². The minimum atomic E-state index is -0.344. The van der Waals surface area contributed by atoms with Crippen LogP contribution in [-0.2, 0) is 13.5 Å². The van der Waals surface area contributed by atoms with Gasteiger partial charge < -0.3 is 19.0 Å². The van der Waals surface area contributed by atoms with Crippen LogP contribution in [0, 0.1) is 0 Å². The van der Waals surface area contributed by atoms with Crippen LogP contribution in [0.3, 0.4) is 0 Å². The fourth-order valence-electron chi connectivity index (χ4n) is 4.38. The van der Waals surface area contributed by atoms with Gasteiger partial charge in [-0.15, -0.1) is 0 Å².